The summed E-state index contributed by atoms with van der Waals surface area (Å²) in [4.78, 5) is 7.80. The van der Waals surface area contributed by atoms with Crippen LogP contribution in [0, 0.1) is 0 Å². The van der Waals surface area contributed by atoms with Gasteiger partial charge in [0.05, 0.1) is 13.2 Å². The van der Waals surface area contributed by atoms with Crippen molar-refractivity contribution in [2.75, 3.05) is 50.8 Å². The van der Waals surface area contributed by atoms with Crippen LogP contribution in [0.3, 0.4) is 0 Å². The SMILES string of the molecule is C[C@@H]1CN2CCC[C@H]2CN1Cc1ccc(N2CCOCC2)cc1. The minimum Gasteiger partial charge on any atom is -0.378 e. The summed E-state index contributed by atoms with van der Waals surface area (Å²) in [7, 11) is 0. The molecule has 1 aromatic carbocycles. The van der Waals surface area contributed by atoms with Crippen LogP contribution in [0.25, 0.3) is 0 Å². The molecule has 0 amide bonds. The van der Waals surface area contributed by atoms with Gasteiger partial charge in [-0.25, -0.2) is 0 Å². The number of anilines is 1. The standard InChI is InChI=1S/C19H29N3O/c1-16-13-21-8-2-3-19(21)15-22(16)14-17-4-6-18(7-5-17)20-9-11-23-12-10-20/h4-7,16,19H,2-3,8-15H2,1H3/t16-,19+/m1/s1. The van der Waals surface area contributed by atoms with Crippen molar-refractivity contribution in [3.63, 3.8) is 0 Å². The lowest BCUT2D eigenvalue weighted by Crippen LogP contribution is -2.54. The van der Waals surface area contributed by atoms with E-state index >= 15 is 0 Å². The van der Waals surface area contributed by atoms with Crippen molar-refractivity contribution in [1.29, 1.82) is 0 Å². The minimum absolute atomic E-state index is 0.670. The van der Waals surface area contributed by atoms with E-state index < -0.39 is 0 Å². The summed E-state index contributed by atoms with van der Waals surface area (Å²) in [5.74, 6) is 0. The first kappa shape index (κ1) is 15.4. The lowest BCUT2D eigenvalue weighted by molar-refractivity contribution is 0.0540. The number of hydrogen-bond acceptors (Lipinski definition) is 4. The van der Waals surface area contributed by atoms with Crippen LogP contribution in [0.2, 0.25) is 0 Å². The van der Waals surface area contributed by atoms with Gasteiger partial charge in [0.2, 0.25) is 0 Å². The molecule has 4 heteroatoms. The molecule has 4 nitrogen and oxygen atoms in total. The molecule has 23 heavy (non-hydrogen) atoms. The minimum atomic E-state index is 0.670. The van der Waals surface area contributed by atoms with Gasteiger partial charge in [-0.2, -0.15) is 0 Å². The van der Waals surface area contributed by atoms with Gasteiger partial charge in [0, 0.05) is 50.5 Å². The van der Waals surface area contributed by atoms with Gasteiger partial charge in [-0.1, -0.05) is 12.1 Å². The van der Waals surface area contributed by atoms with E-state index in [2.05, 4.69) is 45.9 Å². The van der Waals surface area contributed by atoms with E-state index in [4.69, 9.17) is 4.74 Å². The summed E-state index contributed by atoms with van der Waals surface area (Å²) in [5.41, 5.74) is 2.78. The van der Waals surface area contributed by atoms with E-state index in [-0.39, 0.29) is 0 Å². The van der Waals surface area contributed by atoms with Crippen LogP contribution >= 0.6 is 0 Å². The fraction of sp³-hybridized carbons (Fsp3) is 0.684. The van der Waals surface area contributed by atoms with Gasteiger partial charge >= 0.3 is 0 Å². The zero-order chi connectivity index (χ0) is 15.6. The van der Waals surface area contributed by atoms with Crippen molar-refractivity contribution in [2.24, 2.45) is 0 Å². The number of hydrogen-bond donors (Lipinski definition) is 0. The van der Waals surface area contributed by atoms with Gasteiger partial charge in [-0.15, -0.1) is 0 Å². The van der Waals surface area contributed by atoms with Gasteiger partial charge in [0.25, 0.3) is 0 Å². The molecule has 0 spiro atoms. The van der Waals surface area contributed by atoms with Gasteiger partial charge in [0.1, 0.15) is 0 Å². The second-order valence-corrected chi connectivity index (χ2v) is 7.34. The zero-order valence-electron chi connectivity index (χ0n) is 14.3. The predicted octanol–water partition coefficient (Wildman–Crippen LogP) is 2.19. The van der Waals surface area contributed by atoms with Gasteiger partial charge in [-0.05, 0) is 44.0 Å². The fourth-order valence-electron chi connectivity index (χ4n) is 4.34. The maximum absolute atomic E-state index is 5.44. The second-order valence-electron chi connectivity index (χ2n) is 7.34. The number of ether oxygens (including phenoxy) is 1. The molecule has 3 fully saturated rings. The van der Waals surface area contributed by atoms with Crippen molar-refractivity contribution >= 4 is 5.69 Å². The first-order chi connectivity index (χ1) is 11.3. The summed E-state index contributed by atoms with van der Waals surface area (Å²) in [6.07, 6.45) is 2.78. The molecule has 3 saturated heterocycles. The number of benzene rings is 1. The monoisotopic (exact) mass is 315 g/mol. The molecule has 0 aliphatic carbocycles. The predicted molar refractivity (Wildman–Crippen MR) is 93.9 cm³/mol. The summed E-state index contributed by atoms with van der Waals surface area (Å²) in [6, 6.07) is 10.7. The Hall–Kier alpha value is -1.10. The Kier molecular flexibility index (Phi) is 4.56. The van der Waals surface area contributed by atoms with Crippen LogP contribution in [0.15, 0.2) is 24.3 Å². The van der Waals surface area contributed by atoms with Crippen molar-refractivity contribution in [3.8, 4) is 0 Å². The highest BCUT2D eigenvalue weighted by atomic mass is 16.5. The summed E-state index contributed by atoms with van der Waals surface area (Å²) in [6.45, 7) is 11.0. The smallest absolute Gasteiger partial charge is 0.0642 e. The van der Waals surface area contributed by atoms with Gasteiger partial charge in [-0.3, -0.25) is 9.80 Å². The second kappa shape index (κ2) is 6.80. The Morgan fingerprint density at radius 2 is 1.83 bits per heavy atom. The Balaban J connectivity index is 1.38. The molecule has 126 valence electrons. The zero-order valence-corrected chi connectivity index (χ0v) is 14.3. The highest BCUT2D eigenvalue weighted by Gasteiger charge is 2.34. The first-order valence-electron chi connectivity index (χ1n) is 9.19. The van der Waals surface area contributed by atoms with Crippen LogP contribution in [0.4, 0.5) is 5.69 Å². The third kappa shape index (κ3) is 3.39. The van der Waals surface area contributed by atoms with Crippen LogP contribution in [-0.4, -0.2) is 67.8 Å². The maximum Gasteiger partial charge on any atom is 0.0642 e. The third-order valence-corrected chi connectivity index (χ3v) is 5.76. The fourth-order valence-corrected chi connectivity index (χ4v) is 4.34. The normalized spacial score (nSPS) is 29.7. The quantitative estimate of drug-likeness (QED) is 0.851. The van der Waals surface area contributed by atoms with Crippen LogP contribution in [0.1, 0.15) is 25.3 Å². The summed E-state index contributed by atoms with van der Waals surface area (Å²) >= 11 is 0. The average Bonchev–Trinajstić information content (AvgIpc) is 3.04. The molecule has 1 aromatic rings. The largest absolute Gasteiger partial charge is 0.378 e. The Morgan fingerprint density at radius 1 is 1.04 bits per heavy atom. The maximum atomic E-state index is 5.44. The molecule has 3 heterocycles. The lowest BCUT2D eigenvalue weighted by atomic mass is 10.1. The molecule has 0 radical (unpaired) electrons. The molecule has 0 bridgehead atoms. The molecular weight excluding hydrogens is 286 g/mol. The molecule has 0 aromatic heterocycles. The van der Waals surface area contributed by atoms with Crippen LogP contribution in [0.5, 0.6) is 0 Å². The van der Waals surface area contributed by atoms with E-state index in [0.29, 0.717) is 6.04 Å². The van der Waals surface area contributed by atoms with E-state index in [1.54, 1.807) is 0 Å². The van der Waals surface area contributed by atoms with E-state index in [1.165, 1.54) is 43.7 Å². The van der Waals surface area contributed by atoms with E-state index in [1.807, 2.05) is 0 Å². The molecule has 0 saturated carbocycles. The Morgan fingerprint density at radius 3 is 2.61 bits per heavy atom. The van der Waals surface area contributed by atoms with Gasteiger partial charge in [0.15, 0.2) is 0 Å². The third-order valence-electron chi connectivity index (χ3n) is 5.76. The molecule has 0 unspecified atom stereocenters. The summed E-state index contributed by atoms with van der Waals surface area (Å²) in [5, 5.41) is 0. The molecule has 2 atom stereocenters. The Labute approximate surface area is 140 Å². The Bertz CT molecular complexity index is 512. The molecular formula is C19H29N3O. The van der Waals surface area contributed by atoms with Crippen molar-refractivity contribution in [2.45, 2.75) is 38.4 Å². The van der Waals surface area contributed by atoms with E-state index in [0.717, 1.165) is 38.9 Å². The highest BCUT2D eigenvalue weighted by molar-refractivity contribution is 5.47. The van der Waals surface area contributed by atoms with Crippen molar-refractivity contribution in [3.05, 3.63) is 29.8 Å². The van der Waals surface area contributed by atoms with Gasteiger partial charge < -0.3 is 9.64 Å². The average molecular weight is 315 g/mol. The first-order valence-corrected chi connectivity index (χ1v) is 9.19. The van der Waals surface area contributed by atoms with Crippen molar-refractivity contribution < 1.29 is 4.74 Å². The lowest BCUT2D eigenvalue weighted by Gasteiger charge is -2.42. The highest BCUT2D eigenvalue weighted by Crippen LogP contribution is 2.26. The topological polar surface area (TPSA) is 19.0 Å². The summed E-state index contributed by atoms with van der Waals surface area (Å²) < 4.78 is 5.44. The molecule has 4 rings (SSSR count). The number of morpholine rings is 1. The number of rotatable bonds is 3. The number of nitrogens with zero attached hydrogens (tertiary/aromatic N) is 3. The van der Waals surface area contributed by atoms with Crippen LogP contribution < -0.4 is 4.90 Å². The molecule has 0 N–H and O–H groups in total. The number of fused-ring (bicyclic) bond motifs is 1. The molecule has 3 aliphatic rings. The van der Waals surface area contributed by atoms with Crippen LogP contribution in [-0.2, 0) is 11.3 Å². The van der Waals surface area contributed by atoms with E-state index in [9.17, 15) is 0 Å². The molecule has 3 aliphatic heterocycles. The number of piperazine rings is 1. The van der Waals surface area contributed by atoms with Crippen molar-refractivity contribution in [1.82, 2.24) is 9.80 Å².